The van der Waals surface area contributed by atoms with Crippen LogP contribution in [0.5, 0.6) is 0 Å². The summed E-state index contributed by atoms with van der Waals surface area (Å²) in [6, 6.07) is 7.87. The number of anilines is 1. The lowest BCUT2D eigenvalue weighted by atomic mass is 10.3. The van der Waals surface area contributed by atoms with E-state index in [-0.39, 0.29) is 9.20 Å². The molecule has 20 heavy (non-hydrogen) atoms. The van der Waals surface area contributed by atoms with Crippen molar-refractivity contribution in [1.29, 1.82) is 0 Å². The van der Waals surface area contributed by atoms with E-state index in [2.05, 4.69) is 20.7 Å². The molecule has 0 fully saturated rings. The van der Waals surface area contributed by atoms with Crippen LogP contribution < -0.4 is 10.5 Å². The maximum Gasteiger partial charge on any atom is 0.271 e. The maximum atomic E-state index is 12.3. The Hall–Kier alpha value is -0.670. The van der Waals surface area contributed by atoms with Crippen LogP contribution in [0.2, 0.25) is 5.02 Å². The smallest absolute Gasteiger partial charge is 0.271 e. The van der Waals surface area contributed by atoms with Crippen LogP contribution in [0.4, 0.5) is 5.69 Å². The summed E-state index contributed by atoms with van der Waals surface area (Å²) in [5.74, 6) is 0. The van der Waals surface area contributed by atoms with E-state index in [1.807, 2.05) is 0 Å². The zero-order valence-electron chi connectivity index (χ0n) is 9.76. The second-order valence-electron chi connectivity index (χ2n) is 3.71. The second kappa shape index (κ2) is 5.98. The number of thiocarbonyl (C=S) groups is 1. The zero-order valence-corrected chi connectivity index (χ0v) is 14.6. The molecule has 0 aliphatic rings. The van der Waals surface area contributed by atoms with Crippen molar-refractivity contribution >= 4 is 71.8 Å². The monoisotopic (exact) mass is 410 g/mol. The van der Waals surface area contributed by atoms with Gasteiger partial charge in [0.1, 0.15) is 9.20 Å². The van der Waals surface area contributed by atoms with Crippen molar-refractivity contribution in [1.82, 2.24) is 0 Å². The van der Waals surface area contributed by atoms with Crippen LogP contribution in [0.3, 0.4) is 0 Å². The van der Waals surface area contributed by atoms with Gasteiger partial charge in [0.05, 0.1) is 10.6 Å². The summed E-state index contributed by atoms with van der Waals surface area (Å²) in [6.07, 6.45) is 0. The lowest BCUT2D eigenvalue weighted by molar-refractivity contribution is 0.603. The summed E-state index contributed by atoms with van der Waals surface area (Å²) in [6.45, 7) is 0. The third-order valence-corrected chi connectivity index (χ3v) is 6.51. The Morgan fingerprint density at radius 3 is 2.65 bits per heavy atom. The van der Waals surface area contributed by atoms with Gasteiger partial charge in [-0.15, -0.1) is 11.3 Å². The number of thiophene rings is 1. The fraction of sp³-hybridized carbons (Fsp3) is 0. The van der Waals surface area contributed by atoms with Gasteiger partial charge >= 0.3 is 0 Å². The molecule has 1 heterocycles. The molecule has 0 aliphatic heterocycles. The summed E-state index contributed by atoms with van der Waals surface area (Å²) in [5, 5.41) is 0.431. The molecule has 0 saturated carbocycles. The summed E-state index contributed by atoms with van der Waals surface area (Å²) < 4.78 is 27.7. The molecule has 0 amide bonds. The van der Waals surface area contributed by atoms with Crippen molar-refractivity contribution in [3.05, 3.63) is 44.7 Å². The highest BCUT2D eigenvalue weighted by atomic mass is 79.9. The molecule has 0 radical (unpaired) electrons. The molecule has 4 nitrogen and oxygen atoms in total. The second-order valence-corrected chi connectivity index (χ2v) is 8.44. The fourth-order valence-electron chi connectivity index (χ4n) is 1.37. The lowest BCUT2D eigenvalue weighted by Gasteiger charge is -2.08. The molecule has 0 saturated heterocycles. The van der Waals surface area contributed by atoms with Crippen molar-refractivity contribution in [2.45, 2.75) is 4.21 Å². The largest absolute Gasteiger partial charge is 0.389 e. The Labute approximate surface area is 139 Å². The van der Waals surface area contributed by atoms with Crippen LogP contribution in [-0.2, 0) is 10.0 Å². The number of rotatable bonds is 4. The van der Waals surface area contributed by atoms with E-state index in [4.69, 9.17) is 29.6 Å². The molecular formula is C11H8BrClN2O2S3. The van der Waals surface area contributed by atoms with E-state index in [0.29, 0.717) is 20.1 Å². The first kappa shape index (κ1) is 15.7. The average molecular weight is 412 g/mol. The SMILES string of the molecule is NC(=S)c1ccc(S(=O)(=O)Nc2cc(Cl)ccc2Br)s1. The quantitative estimate of drug-likeness (QED) is 0.754. The third kappa shape index (κ3) is 3.50. The molecule has 2 aromatic rings. The maximum absolute atomic E-state index is 12.3. The molecule has 1 aromatic heterocycles. The fourth-order valence-corrected chi connectivity index (χ4v) is 4.44. The Balaban J connectivity index is 2.35. The summed E-state index contributed by atoms with van der Waals surface area (Å²) in [5.41, 5.74) is 5.83. The van der Waals surface area contributed by atoms with Crippen LogP contribution in [0.15, 0.2) is 39.0 Å². The van der Waals surface area contributed by atoms with Crippen molar-refractivity contribution in [3.8, 4) is 0 Å². The molecule has 0 aliphatic carbocycles. The van der Waals surface area contributed by atoms with E-state index in [1.54, 1.807) is 18.2 Å². The van der Waals surface area contributed by atoms with Crippen molar-refractivity contribution in [3.63, 3.8) is 0 Å². The van der Waals surface area contributed by atoms with Crippen LogP contribution in [0.1, 0.15) is 4.88 Å². The number of nitrogens with one attached hydrogen (secondary N) is 1. The number of halogens is 2. The first-order valence-corrected chi connectivity index (χ1v) is 9.05. The van der Waals surface area contributed by atoms with Crippen LogP contribution in [0.25, 0.3) is 0 Å². The molecule has 2 rings (SSSR count). The van der Waals surface area contributed by atoms with Crippen molar-refractivity contribution in [2.75, 3.05) is 4.72 Å². The molecule has 3 N–H and O–H groups in total. The predicted octanol–water partition coefficient (Wildman–Crippen LogP) is 3.60. The van der Waals surface area contributed by atoms with Gasteiger partial charge in [-0.2, -0.15) is 0 Å². The molecule has 0 atom stereocenters. The van der Waals surface area contributed by atoms with Crippen molar-refractivity contribution in [2.24, 2.45) is 5.73 Å². The van der Waals surface area contributed by atoms with E-state index < -0.39 is 10.0 Å². The predicted molar refractivity (Wildman–Crippen MR) is 90.2 cm³/mol. The first-order valence-electron chi connectivity index (χ1n) is 5.17. The van der Waals surface area contributed by atoms with E-state index >= 15 is 0 Å². The molecule has 0 bridgehead atoms. The van der Waals surface area contributed by atoms with Gasteiger partial charge in [-0.1, -0.05) is 23.8 Å². The highest BCUT2D eigenvalue weighted by Crippen LogP contribution is 2.30. The zero-order chi connectivity index (χ0) is 14.9. The number of benzene rings is 1. The Morgan fingerprint density at radius 1 is 1.35 bits per heavy atom. The normalized spacial score (nSPS) is 11.3. The molecule has 0 spiro atoms. The van der Waals surface area contributed by atoms with Gasteiger partial charge in [-0.05, 0) is 46.3 Å². The van der Waals surface area contributed by atoms with E-state index in [1.165, 1.54) is 12.1 Å². The van der Waals surface area contributed by atoms with E-state index in [9.17, 15) is 8.42 Å². The van der Waals surface area contributed by atoms with Crippen LogP contribution in [-0.4, -0.2) is 13.4 Å². The molecule has 9 heteroatoms. The lowest BCUT2D eigenvalue weighted by Crippen LogP contribution is -2.12. The van der Waals surface area contributed by atoms with Crippen LogP contribution >= 0.6 is 51.1 Å². The Kier molecular flexibility index (Phi) is 4.70. The number of hydrogen-bond acceptors (Lipinski definition) is 4. The standard InChI is InChI=1S/C11H8BrClN2O2S3/c12-7-2-1-6(13)5-8(7)15-20(16,17)10-4-3-9(19-10)11(14)18/h1-5,15H,(H2,14,18). The summed E-state index contributed by atoms with van der Waals surface area (Å²) in [7, 11) is -3.70. The molecular weight excluding hydrogens is 404 g/mol. The molecule has 106 valence electrons. The minimum absolute atomic E-state index is 0.132. The van der Waals surface area contributed by atoms with Gasteiger partial charge in [0, 0.05) is 9.50 Å². The Bertz CT molecular complexity index is 774. The van der Waals surface area contributed by atoms with Gasteiger partial charge < -0.3 is 5.73 Å². The number of sulfonamides is 1. The topological polar surface area (TPSA) is 72.2 Å². The van der Waals surface area contributed by atoms with Crippen LogP contribution in [0, 0.1) is 0 Å². The molecule has 1 aromatic carbocycles. The summed E-state index contributed by atoms with van der Waals surface area (Å²) in [4.78, 5) is 0.714. The first-order chi connectivity index (χ1) is 9.29. The highest BCUT2D eigenvalue weighted by molar-refractivity contribution is 9.10. The van der Waals surface area contributed by atoms with E-state index in [0.717, 1.165) is 11.3 Å². The van der Waals surface area contributed by atoms with Gasteiger partial charge in [0.25, 0.3) is 10.0 Å². The Morgan fingerprint density at radius 2 is 2.05 bits per heavy atom. The van der Waals surface area contributed by atoms with Crippen molar-refractivity contribution < 1.29 is 8.42 Å². The van der Waals surface area contributed by atoms with Gasteiger partial charge in [-0.3, -0.25) is 4.72 Å². The van der Waals surface area contributed by atoms with Gasteiger partial charge in [-0.25, -0.2) is 8.42 Å². The van der Waals surface area contributed by atoms with Gasteiger partial charge in [0.2, 0.25) is 0 Å². The third-order valence-electron chi connectivity index (χ3n) is 2.26. The minimum atomic E-state index is -3.70. The number of hydrogen-bond donors (Lipinski definition) is 2. The minimum Gasteiger partial charge on any atom is -0.389 e. The summed E-state index contributed by atoms with van der Waals surface area (Å²) >= 11 is 14.9. The average Bonchev–Trinajstić information content (AvgIpc) is 2.84. The highest BCUT2D eigenvalue weighted by Gasteiger charge is 2.19. The molecule has 0 unspecified atom stereocenters. The number of nitrogens with two attached hydrogens (primary N) is 1. The van der Waals surface area contributed by atoms with Gasteiger partial charge in [0.15, 0.2) is 0 Å².